The number of hydrogen-bond donors (Lipinski definition) is 4. The highest BCUT2D eigenvalue weighted by atomic mass is 16.5. The maximum Gasteiger partial charge on any atom is 0.407 e. The van der Waals surface area contributed by atoms with Crippen LogP contribution in [0.4, 0.5) is 9.59 Å². The minimum atomic E-state index is -0.685. The van der Waals surface area contributed by atoms with Crippen LogP contribution in [0, 0.1) is 11.8 Å². The van der Waals surface area contributed by atoms with Gasteiger partial charge in [-0.15, -0.1) is 0 Å². The van der Waals surface area contributed by atoms with Crippen molar-refractivity contribution in [1.29, 1.82) is 0 Å². The van der Waals surface area contributed by atoms with E-state index in [9.17, 15) is 19.2 Å². The molecular weight excluding hydrogens is 688 g/mol. The number of amides is 4. The average Bonchev–Trinajstić information content (AvgIpc) is 4.02. The second-order valence-electron chi connectivity index (χ2n) is 14.7. The van der Waals surface area contributed by atoms with Gasteiger partial charge in [0.05, 0.1) is 31.6 Å². The van der Waals surface area contributed by atoms with Gasteiger partial charge in [-0.3, -0.25) is 9.59 Å². The number of benzene rings is 2. The summed E-state index contributed by atoms with van der Waals surface area (Å²) >= 11 is 0. The average molecular weight is 739 g/mol. The molecule has 0 saturated carbocycles. The van der Waals surface area contributed by atoms with E-state index in [4.69, 9.17) is 19.4 Å². The fourth-order valence-electron chi connectivity index (χ4n) is 7.29. The molecular formula is C40H50N8O6. The first-order valence-electron chi connectivity index (χ1n) is 18.6. The smallest absolute Gasteiger partial charge is 0.407 e. The van der Waals surface area contributed by atoms with Crippen LogP contribution in [-0.4, -0.2) is 99.7 Å². The highest BCUT2D eigenvalue weighted by Gasteiger charge is 2.38. The summed E-state index contributed by atoms with van der Waals surface area (Å²) in [6.07, 6.45) is 4.95. The van der Waals surface area contributed by atoms with Gasteiger partial charge in [0, 0.05) is 49.1 Å². The number of aromatic nitrogens is 4. The Labute approximate surface area is 315 Å². The lowest BCUT2D eigenvalue weighted by atomic mass is 10.0. The first kappa shape index (κ1) is 38.1. The summed E-state index contributed by atoms with van der Waals surface area (Å²) in [6, 6.07) is 14.9. The van der Waals surface area contributed by atoms with Gasteiger partial charge >= 0.3 is 12.2 Å². The first-order valence-corrected chi connectivity index (χ1v) is 18.6. The molecule has 14 nitrogen and oxygen atoms in total. The Morgan fingerprint density at radius 2 is 1.17 bits per heavy atom. The summed E-state index contributed by atoms with van der Waals surface area (Å²) in [4.78, 5) is 70.5. The van der Waals surface area contributed by atoms with E-state index in [0.29, 0.717) is 19.6 Å². The molecule has 0 radical (unpaired) electrons. The van der Waals surface area contributed by atoms with E-state index in [-0.39, 0.29) is 35.6 Å². The number of aromatic amines is 2. The summed E-state index contributed by atoms with van der Waals surface area (Å²) in [5.74, 6) is 1.21. The molecule has 54 heavy (non-hydrogen) atoms. The van der Waals surface area contributed by atoms with Gasteiger partial charge in [-0.25, -0.2) is 19.6 Å². The first-order chi connectivity index (χ1) is 26.0. The molecule has 4 N–H and O–H groups in total. The minimum absolute atomic E-state index is 0.0733. The van der Waals surface area contributed by atoms with Crippen molar-refractivity contribution in [2.75, 3.05) is 33.9 Å². The highest BCUT2D eigenvalue weighted by Crippen LogP contribution is 2.34. The van der Waals surface area contributed by atoms with Gasteiger partial charge in [-0.2, -0.15) is 0 Å². The fraction of sp³-hybridized carbons (Fsp3) is 0.450. The lowest BCUT2D eigenvalue weighted by Crippen LogP contribution is -2.51. The van der Waals surface area contributed by atoms with Crippen molar-refractivity contribution in [2.45, 2.75) is 71.0 Å². The molecule has 2 aliphatic heterocycles. The number of rotatable bonds is 11. The van der Waals surface area contributed by atoms with Crippen molar-refractivity contribution in [3.8, 4) is 33.6 Å². The second-order valence-corrected chi connectivity index (χ2v) is 14.7. The Bertz CT molecular complexity index is 1940. The number of carbonyl (C=O) groups is 4. The van der Waals surface area contributed by atoms with Crippen LogP contribution in [0.15, 0.2) is 60.9 Å². The van der Waals surface area contributed by atoms with Crippen molar-refractivity contribution < 1.29 is 28.7 Å². The Balaban J connectivity index is 1.07. The zero-order valence-corrected chi connectivity index (χ0v) is 31.7. The standard InChI is InChI=1S/C40H50N8O6/c1-23(2)33(45-39(51)53-5)37(49)47-19-17-29(22-47)35-41-20-30(43-35)27-13-9-25(10-14-27)26-11-15-28(16-12-26)31-21-42-36(44-31)32-8-7-18-48(32)38(50)34(24(3)4)46-40(52)54-6/h9-16,20-21,23-24,29,32-34H,7-8,17-19,22H2,1-6H3,(H,41,43)(H,42,44)(H,45,51)(H,46,52)/t29?,32-,33-,34-/m0/s1. The van der Waals surface area contributed by atoms with E-state index in [1.807, 2.05) is 57.1 Å². The van der Waals surface area contributed by atoms with Gasteiger partial charge in [0.2, 0.25) is 11.8 Å². The maximum atomic E-state index is 13.5. The van der Waals surface area contributed by atoms with Crippen LogP contribution in [0.3, 0.4) is 0 Å². The molecule has 0 bridgehead atoms. The molecule has 2 aromatic heterocycles. The lowest BCUT2D eigenvalue weighted by Gasteiger charge is -2.29. The van der Waals surface area contributed by atoms with E-state index in [1.165, 1.54) is 14.2 Å². The van der Waals surface area contributed by atoms with E-state index in [2.05, 4.69) is 57.0 Å². The lowest BCUT2D eigenvalue weighted by molar-refractivity contribution is -0.135. The number of nitrogens with zero attached hydrogens (tertiary/aromatic N) is 4. The van der Waals surface area contributed by atoms with Crippen molar-refractivity contribution >= 4 is 24.0 Å². The summed E-state index contributed by atoms with van der Waals surface area (Å²) in [5, 5.41) is 5.36. The number of methoxy groups -OCH3 is 2. The molecule has 14 heteroatoms. The van der Waals surface area contributed by atoms with Gasteiger partial charge in [-0.05, 0) is 42.2 Å². The van der Waals surface area contributed by atoms with Gasteiger partial charge in [0.25, 0.3) is 0 Å². The molecule has 0 spiro atoms. The Hall–Kier alpha value is -5.66. The molecule has 1 unspecified atom stereocenters. The Kier molecular flexibility index (Phi) is 11.7. The molecule has 0 aliphatic carbocycles. The summed E-state index contributed by atoms with van der Waals surface area (Å²) in [7, 11) is 2.58. The molecule has 6 rings (SSSR count). The van der Waals surface area contributed by atoms with Crippen LogP contribution in [0.2, 0.25) is 0 Å². The number of imidazole rings is 2. The predicted octanol–water partition coefficient (Wildman–Crippen LogP) is 5.87. The van der Waals surface area contributed by atoms with Crippen molar-refractivity contribution in [1.82, 2.24) is 40.4 Å². The van der Waals surface area contributed by atoms with Crippen molar-refractivity contribution in [2.24, 2.45) is 11.8 Å². The largest absolute Gasteiger partial charge is 0.453 e. The van der Waals surface area contributed by atoms with Crippen LogP contribution in [0.1, 0.15) is 70.6 Å². The maximum absolute atomic E-state index is 13.5. The third-order valence-electron chi connectivity index (χ3n) is 10.4. The van der Waals surface area contributed by atoms with Crippen molar-refractivity contribution in [3.63, 3.8) is 0 Å². The van der Waals surface area contributed by atoms with Crippen LogP contribution < -0.4 is 10.6 Å². The summed E-state index contributed by atoms with van der Waals surface area (Å²) < 4.78 is 9.47. The van der Waals surface area contributed by atoms with E-state index < -0.39 is 24.3 Å². The van der Waals surface area contributed by atoms with Crippen LogP contribution >= 0.6 is 0 Å². The quantitative estimate of drug-likeness (QED) is 0.148. The molecule has 4 heterocycles. The van der Waals surface area contributed by atoms with Crippen molar-refractivity contribution in [3.05, 3.63) is 72.6 Å². The molecule has 2 saturated heterocycles. The van der Waals surface area contributed by atoms with Crippen LogP contribution in [0.25, 0.3) is 33.6 Å². The molecule has 2 aliphatic rings. The number of nitrogens with one attached hydrogen (secondary N) is 4. The number of alkyl carbamates (subject to hydrolysis) is 2. The predicted molar refractivity (Wildman–Crippen MR) is 203 cm³/mol. The third kappa shape index (κ3) is 8.27. The van der Waals surface area contributed by atoms with Gasteiger partial charge in [0.1, 0.15) is 23.7 Å². The number of carbonyl (C=O) groups excluding carboxylic acids is 4. The highest BCUT2D eigenvalue weighted by molar-refractivity contribution is 5.87. The Morgan fingerprint density at radius 1 is 0.685 bits per heavy atom. The van der Waals surface area contributed by atoms with E-state index in [1.54, 1.807) is 4.90 Å². The molecule has 2 fully saturated rings. The van der Waals surface area contributed by atoms with E-state index in [0.717, 1.165) is 64.6 Å². The van der Waals surface area contributed by atoms with Crippen LogP contribution in [0.5, 0.6) is 0 Å². The third-order valence-corrected chi connectivity index (χ3v) is 10.4. The Morgan fingerprint density at radius 3 is 1.69 bits per heavy atom. The number of H-pyrrole nitrogens is 2. The normalized spacial score (nSPS) is 18.1. The molecule has 4 aromatic rings. The second kappa shape index (κ2) is 16.6. The number of ether oxygens (including phenoxy) is 2. The molecule has 4 atom stereocenters. The topological polar surface area (TPSA) is 175 Å². The summed E-state index contributed by atoms with van der Waals surface area (Å²) in [5.41, 5.74) is 5.69. The molecule has 286 valence electrons. The molecule has 4 amide bonds. The number of likely N-dealkylation sites (tertiary alicyclic amines) is 2. The van der Waals surface area contributed by atoms with Crippen LogP contribution in [-0.2, 0) is 19.1 Å². The summed E-state index contributed by atoms with van der Waals surface area (Å²) in [6.45, 7) is 9.32. The molecule has 2 aromatic carbocycles. The fourth-order valence-corrected chi connectivity index (χ4v) is 7.29. The van der Waals surface area contributed by atoms with Gasteiger partial charge in [0.15, 0.2) is 0 Å². The van der Waals surface area contributed by atoms with Gasteiger partial charge in [-0.1, -0.05) is 76.2 Å². The van der Waals surface area contributed by atoms with E-state index >= 15 is 0 Å². The zero-order valence-electron chi connectivity index (χ0n) is 31.7. The minimum Gasteiger partial charge on any atom is -0.453 e. The zero-order chi connectivity index (χ0) is 38.5. The van der Waals surface area contributed by atoms with Gasteiger partial charge < -0.3 is 39.9 Å². The monoisotopic (exact) mass is 738 g/mol. The number of hydrogen-bond acceptors (Lipinski definition) is 8. The SMILES string of the molecule is COC(=O)N[C@H](C(=O)N1CCC(c2nc(-c3ccc(-c4ccc(-c5c[nH]c([C@@H]6CCCN6C(=O)[C@@H](NC(=O)OC)C(C)C)n5)cc4)cc3)c[nH]2)C1)C(C)C.